The van der Waals surface area contributed by atoms with Gasteiger partial charge in [-0.1, -0.05) is 35.9 Å². The highest BCUT2D eigenvalue weighted by atomic mass is 35.5. The van der Waals surface area contributed by atoms with E-state index in [9.17, 15) is 9.59 Å². The van der Waals surface area contributed by atoms with Crippen LogP contribution in [0.15, 0.2) is 48.5 Å². The molecule has 0 heterocycles. The van der Waals surface area contributed by atoms with Gasteiger partial charge in [0.25, 0.3) is 5.91 Å². The first-order valence-electron chi connectivity index (χ1n) is 6.86. The third-order valence-electron chi connectivity index (χ3n) is 2.95. The summed E-state index contributed by atoms with van der Waals surface area (Å²) in [6.07, 6.45) is 0.0874. The highest BCUT2D eigenvalue weighted by Crippen LogP contribution is 2.15. The van der Waals surface area contributed by atoms with E-state index in [-0.39, 0.29) is 18.9 Å². The standard InChI is InChI=1S/C17H16ClNO3/c1-12-5-4-6-13(11-12)22-16(20)9-10-19-17(21)14-7-2-3-8-15(14)18/h2-8,11H,9-10H2,1H3,(H,19,21). The number of amides is 1. The Kier molecular flexibility index (Phi) is 5.55. The van der Waals surface area contributed by atoms with Gasteiger partial charge >= 0.3 is 5.97 Å². The first-order chi connectivity index (χ1) is 10.6. The number of esters is 1. The van der Waals surface area contributed by atoms with E-state index in [1.54, 1.807) is 36.4 Å². The van der Waals surface area contributed by atoms with Crippen molar-refractivity contribution in [2.75, 3.05) is 6.54 Å². The van der Waals surface area contributed by atoms with E-state index >= 15 is 0 Å². The second-order valence-electron chi connectivity index (χ2n) is 4.78. The Hall–Kier alpha value is -2.33. The molecule has 0 aliphatic carbocycles. The molecule has 0 aromatic heterocycles. The molecule has 2 aromatic rings. The quantitative estimate of drug-likeness (QED) is 0.679. The molecule has 2 rings (SSSR count). The van der Waals surface area contributed by atoms with Crippen molar-refractivity contribution >= 4 is 23.5 Å². The van der Waals surface area contributed by atoms with Gasteiger partial charge in [-0.3, -0.25) is 9.59 Å². The monoisotopic (exact) mass is 317 g/mol. The van der Waals surface area contributed by atoms with Gasteiger partial charge in [0.05, 0.1) is 17.0 Å². The van der Waals surface area contributed by atoms with Crippen LogP contribution in [-0.2, 0) is 4.79 Å². The Morgan fingerprint density at radius 2 is 1.91 bits per heavy atom. The fourth-order valence-electron chi connectivity index (χ4n) is 1.88. The summed E-state index contributed by atoms with van der Waals surface area (Å²) in [5.41, 5.74) is 1.40. The Balaban J connectivity index is 1.80. The number of carbonyl (C=O) groups excluding carboxylic acids is 2. The van der Waals surface area contributed by atoms with E-state index in [1.807, 2.05) is 19.1 Å². The number of hydrogen-bond acceptors (Lipinski definition) is 3. The van der Waals surface area contributed by atoms with Crippen LogP contribution < -0.4 is 10.1 Å². The van der Waals surface area contributed by atoms with Gasteiger partial charge in [0.1, 0.15) is 5.75 Å². The van der Waals surface area contributed by atoms with Gasteiger partial charge in [0.15, 0.2) is 0 Å². The largest absolute Gasteiger partial charge is 0.426 e. The van der Waals surface area contributed by atoms with Crippen LogP contribution in [0.4, 0.5) is 0 Å². The lowest BCUT2D eigenvalue weighted by Gasteiger charge is -2.07. The maximum atomic E-state index is 11.9. The minimum atomic E-state index is -0.398. The molecule has 0 saturated carbocycles. The molecule has 22 heavy (non-hydrogen) atoms. The first kappa shape index (κ1) is 16.0. The zero-order valence-corrected chi connectivity index (χ0v) is 12.9. The molecule has 0 unspecified atom stereocenters. The number of hydrogen-bond donors (Lipinski definition) is 1. The van der Waals surface area contributed by atoms with Gasteiger partial charge in [0, 0.05) is 6.54 Å². The van der Waals surface area contributed by atoms with Crippen LogP contribution in [0.5, 0.6) is 5.75 Å². The third kappa shape index (κ3) is 4.60. The number of benzene rings is 2. The molecule has 5 heteroatoms. The molecule has 0 radical (unpaired) electrons. The normalized spacial score (nSPS) is 10.1. The fraction of sp³-hybridized carbons (Fsp3) is 0.176. The minimum Gasteiger partial charge on any atom is -0.426 e. The van der Waals surface area contributed by atoms with E-state index in [0.29, 0.717) is 16.3 Å². The summed E-state index contributed by atoms with van der Waals surface area (Å²) in [5.74, 6) is -0.207. The Labute approximate surface area is 134 Å². The summed E-state index contributed by atoms with van der Waals surface area (Å²) in [6.45, 7) is 2.11. The number of nitrogens with one attached hydrogen (secondary N) is 1. The fourth-order valence-corrected chi connectivity index (χ4v) is 2.10. The second-order valence-corrected chi connectivity index (χ2v) is 5.18. The molecular weight excluding hydrogens is 302 g/mol. The zero-order chi connectivity index (χ0) is 15.9. The predicted octanol–water partition coefficient (Wildman–Crippen LogP) is 3.37. The van der Waals surface area contributed by atoms with E-state index in [1.165, 1.54) is 0 Å². The predicted molar refractivity (Wildman–Crippen MR) is 85.2 cm³/mol. The average molecular weight is 318 g/mol. The second kappa shape index (κ2) is 7.61. The topological polar surface area (TPSA) is 55.4 Å². The number of carbonyl (C=O) groups is 2. The van der Waals surface area contributed by atoms with Crippen molar-refractivity contribution in [1.82, 2.24) is 5.32 Å². The Morgan fingerprint density at radius 1 is 1.14 bits per heavy atom. The highest BCUT2D eigenvalue weighted by molar-refractivity contribution is 6.33. The van der Waals surface area contributed by atoms with Gasteiger partial charge < -0.3 is 10.1 Å². The summed E-state index contributed by atoms with van der Waals surface area (Å²) < 4.78 is 5.19. The first-order valence-corrected chi connectivity index (χ1v) is 7.24. The van der Waals surface area contributed by atoms with Gasteiger partial charge in [-0.2, -0.15) is 0 Å². The Morgan fingerprint density at radius 3 is 2.64 bits per heavy atom. The molecule has 0 bridgehead atoms. The van der Waals surface area contributed by atoms with Crippen molar-refractivity contribution in [1.29, 1.82) is 0 Å². The molecule has 114 valence electrons. The summed E-state index contributed by atoms with van der Waals surface area (Å²) in [5, 5.41) is 3.02. The van der Waals surface area contributed by atoms with E-state index in [2.05, 4.69) is 5.32 Å². The molecule has 0 spiro atoms. The molecular formula is C17H16ClNO3. The summed E-state index contributed by atoms with van der Waals surface area (Å²) >= 11 is 5.93. The molecule has 0 atom stereocenters. The van der Waals surface area contributed by atoms with Crippen LogP contribution in [0.3, 0.4) is 0 Å². The smallest absolute Gasteiger partial charge is 0.312 e. The van der Waals surface area contributed by atoms with Crippen LogP contribution in [0.25, 0.3) is 0 Å². The van der Waals surface area contributed by atoms with Crippen molar-refractivity contribution in [3.8, 4) is 5.75 Å². The number of ether oxygens (including phenoxy) is 1. The van der Waals surface area contributed by atoms with Crippen LogP contribution in [-0.4, -0.2) is 18.4 Å². The average Bonchev–Trinajstić information content (AvgIpc) is 2.47. The minimum absolute atomic E-state index is 0.0874. The number of aryl methyl sites for hydroxylation is 1. The van der Waals surface area contributed by atoms with Gasteiger partial charge in [-0.15, -0.1) is 0 Å². The van der Waals surface area contributed by atoms with Crippen molar-refractivity contribution in [3.63, 3.8) is 0 Å². The van der Waals surface area contributed by atoms with Crippen LogP contribution in [0.2, 0.25) is 5.02 Å². The molecule has 2 aromatic carbocycles. The number of rotatable bonds is 5. The molecule has 0 saturated heterocycles. The lowest BCUT2D eigenvalue weighted by molar-refractivity contribution is -0.134. The maximum Gasteiger partial charge on any atom is 0.312 e. The third-order valence-corrected chi connectivity index (χ3v) is 3.28. The number of halogens is 1. The summed E-state index contributed by atoms with van der Waals surface area (Å²) in [4.78, 5) is 23.6. The van der Waals surface area contributed by atoms with Gasteiger partial charge in [-0.05, 0) is 36.8 Å². The van der Waals surface area contributed by atoms with E-state index in [4.69, 9.17) is 16.3 Å². The van der Waals surface area contributed by atoms with Crippen LogP contribution in [0.1, 0.15) is 22.3 Å². The lowest BCUT2D eigenvalue weighted by Crippen LogP contribution is -2.27. The lowest BCUT2D eigenvalue weighted by atomic mass is 10.2. The molecule has 1 N–H and O–H groups in total. The molecule has 0 fully saturated rings. The van der Waals surface area contributed by atoms with Crippen molar-refractivity contribution in [2.45, 2.75) is 13.3 Å². The van der Waals surface area contributed by atoms with E-state index in [0.717, 1.165) is 5.56 Å². The van der Waals surface area contributed by atoms with Crippen molar-refractivity contribution in [3.05, 3.63) is 64.7 Å². The summed E-state index contributed by atoms with van der Waals surface area (Å²) in [6, 6.07) is 14.0. The van der Waals surface area contributed by atoms with Crippen molar-refractivity contribution < 1.29 is 14.3 Å². The van der Waals surface area contributed by atoms with Gasteiger partial charge in [-0.25, -0.2) is 0 Å². The Bertz CT molecular complexity index is 685. The van der Waals surface area contributed by atoms with Crippen LogP contribution in [0, 0.1) is 6.92 Å². The molecule has 0 aliphatic heterocycles. The molecule has 4 nitrogen and oxygen atoms in total. The van der Waals surface area contributed by atoms with E-state index < -0.39 is 5.97 Å². The summed E-state index contributed by atoms with van der Waals surface area (Å²) in [7, 11) is 0. The van der Waals surface area contributed by atoms with Crippen LogP contribution >= 0.6 is 11.6 Å². The maximum absolute atomic E-state index is 11.9. The molecule has 1 amide bonds. The SMILES string of the molecule is Cc1cccc(OC(=O)CCNC(=O)c2ccccc2Cl)c1. The molecule has 0 aliphatic rings. The highest BCUT2D eigenvalue weighted by Gasteiger charge is 2.10. The van der Waals surface area contributed by atoms with Crippen molar-refractivity contribution in [2.24, 2.45) is 0 Å². The van der Waals surface area contributed by atoms with Gasteiger partial charge in [0.2, 0.25) is 0 Å². The zero-order valence-electron chi connectivity index (χ0n) is 12.1.